The van der Waals surface area contributed by atoms with Crippen molar-refractivity contribution < 1.29 is 0 Å². The van der Waals surface area contributed by atoms with Crippen LogP contribution in [0.3, 0.4) is 0 Å². The molecule has 4 aromatic rings. The molecule has 5 rings (SSSR count). The molecule has 0 saturated heterocycles. The first-order valence-electron chi connectivity index (χ1n) is 6.95. The molecule has 1 aliphatic heterocycles. The van der Waals surface area contributed by atoms with E-state index in [1.54, 1.807) is 0 Å². The number of hydrogen-bond acceptors (Lipinski definition) is 3. The quantitative estimate of drug-likeness (QED) is 0.420. The van der Waals surface area contributed by atoms with Crippen LogP contribution in [0.15, 0.2) is 60.9 Å². The van der Waals surface area contributed by atoms with Gasteiger partial charge in [0.15, 0.2) is 0 Å². The maximum atomic E-state index is 4.79. The van der Waals surface area contributed by atoms with Gasteiger partial charge in [-0.2, -0.15) is 0 Å². The molecule has 0 unspecified atom stereocenters. The van der Waals surface area contributed by atoms with Crippen LogP contribution in [0, 0.1) is 0 Å². The van der Waals surface area contributed by atoms with Crippen LogP contribution in [0.5, 0.6) is 0 Å². The Bertz CT molecular complexity index is 1020. The van der Waals surface area contributed by atoms with Crippen molar-refractivity contribution in [3.8, 4) is 11.1 Å². The van der Waals surface area contributed by atoms with E-state index in [2.05, 4.69) is 34.6 Å². The maximum absolute atomic E-state index is 4.79. The topological polar surface area (TPSA) is 37.8 Å². The number of pyridine rings is 2. The van der Waals surface area contributed by atoms with E-state index >= 15 is 0 Å². The molecule has 21 heavy (non-hydrogen) atoms. The van der Waals surface area contributed by atoms with E-state index in [1.807, 2.05) is 36.7 Å². The molecule has 0 amide bonds. The molecule has 0 fully saturated rings. The summed E-state index contributed by atoms with van der Waals surface area (Å²) in [7, 11) is 0. The van der Waals surface area contributed by atoms with Crippen LogP contribution in [0.1, 0.15) is 0 Å². The van der Waals surface area contributed by atoms with Crippen LogP contribution in [-0.4, -0.2) is 9.97 Å². The number of anilines is 2. The third-order valence-corrected chi connectivity index (χ3v) is 4.08. The minimum atomic E-state index is 0.916. The van der Waals surface area contributed by atoms with E-state index in [0.717, 1.165) is 38.7 Å². The van der Waals surface area contributed by atoms with Crippen LogP contribution in [0.2, 0.25) is 0 Å². The molecule has 0 radical (unpaired) electrons. The Morgan fingerprint density at radius 3 is 2.62 bits per heavy atom. The van der Waals surface area contributed by atoms with Gasteiger partial charge in [0.2, 0.25) is 0 Å². The number of hydrogen-bond donors (Lipinski definition) is 1. The lowest BCUT2D eigenvalue weighted by atomic mass is 9.95. The molecule has 98 valence electrons. The van der Waals surface area contributed by atoms with Gasteiger partial charge < -0.3 is 5.32 Å². The van der Waals surface area contributed by atoms with Gasteiger partial charge in [-0.05, 0) is 12.1 Å². The molecule has 3 heterocycles. The number of nitrogens with zero attached hydrogens (tertiary/aromatic N) is 2. The normalized spacial score (nSPS) is 12.2. The average molecular weight is 269 g/mol. The Morgan fingerprint density at radius 2 is 1.62 bits per heavy atom. The van der Waals surface area contributed by atoms with Crippen molar-refractivity contribution in [1.82, 2.24) is 9.97 Å². The molecule has 0 aliphatic carbocycles. The van der Waals surface area contributed by atoms with Gasteiger partial charge in [-0.15, -0.1) is 0 Å². The highest BCUT2D eigenvalue weighted by atomic mass is 15.0. The Kier molecular flexibility index (Phi) is 1.95. The highest BCUT2D eigenvalue weighted by Crippen LogP contribution is 2.43. The first-order valence-corrected chi connectivity index (χ1v) is 6.95. The van der Waals surface area contributed by atoms with Crippen LogP contribution in [-0.2, 0) is 0 Å². The third kappa shape index (κ3) is 1.37. The van der Waals surface area contributed by atoms with E-state index in [1.165, 1.54) is 5.56 Å². The van der Waals surface area contributed by atoms with Gasteiger partial charge in [-0.25, -0.2) is 4.98 Å². The molecular weight excluding hydrogens is 258 g/mol. The van der Waals surface area contributed by atoms with Crippen LogP contribution < -0.4 is 5.32 Å². The van der Waals surface area contributed by atoms with Crippen molar-refractivity contribution in [2.24, 2.45) is 0 Å². The summed E-state index contributed by atoms with van der Waals surface area (Å²) in [5.41, 5.74) is 4.41. The van der Waals surface area contributed by atoms with Crippen molar-refractivity contribution in [1.29, 1.82) is 0 Å². The van der Waals surface area contributed by atoms with Crippen LogP contribution in [0.25, 0.3) is 32.8 Å². The Labute approximate surface area is 121 Å². The van der Waals surface area contributed by atoms with E-state index in [9.17, 15) is 0 Å². The SMILES string of the molecule is c1ccc2c(c1)Nc1nc3ccccc3c3cncc-2c13. The van der Waals surface area contributed by atoms with Crippen molar-refractivity contribution in [2.75, 3.05) is 5.32 Å². The fraction of sp³-hybridized carbons (Fsp3) is 0. The monoisotopic (exact) mass is 269 g/mol. The van der Waals surface area contributed by atoms with E-state index < -0.39 is 0 Å². The minimum Gasteiger partial charge on any atom is -0.339 e. The number of benzene rings is 2. The molecule has 3 heteroatoms. The van der Waals surface area contributed by atoms with E-state index in [-0.39, 0.29) is 0 Å². The zero-order chi connectivity index (χ0) is 13.8. The summed E-state index contributed by atoms with van der Waals surface area (Å²) >= 11 is 0. The standard InChI is InChI=1S/C18H11N3/c1-3-7-15-11(5-1)13-9-19-10-14-12-6-2-4-8-16(12)21-18(20-15)17(13)14/h1-10H,(H,20,21). The first-order chi connectivity index (χ1) is 10.4. The highest BCUT2D eigenvalue weighted by molar-refractivity contribution is 6.18. The fourth-order valence-electron chi connectivity index (χ4n) is 3.14. The molecular formula is C18H11N3. The van der Waals surface area contributed by atoms with Gasteiger partial charge in [-0.3, -0.25) is 4.98 Å². The summed E-state index contributed by atoms with van der Waals surface area (Å²) in [6.45, 7) is 0. The predicted molar refractivity (Wildman–Crippen MR) is 85.8 cm³/mol. The number of rotatable bonds is 0. The van der Waals surface area contributed by atoms with Crippen molar-refractivity contribution in [2.45, 2.75) is 0 Å². The smallest absolute Gasteiger partial charge is 0.139 e. The second kappa shape index (κ2) is 3.79. The molecule has 2 aromatic heterocycles. The highest BCUT2D eigenvalue weighted by Gasteiger charge is 2.20. The molecule has 0 saturated carbocycles. The van der Waals surface area contributed by atoms with Gasteiger partial charge in [0.1, 0.15) is 5.82 Å². The number of nitrogens with one attached hydrogen (secondary N) is 1. The average Bonchev–Trinajstić information content (AvgIpc) is 2.55. The Hall–Kier alpha value is -2.94. The van der Waals surface area contributed by atoms with Gasteiger partial charge in [0.25, 0.3) is 0 Å². The molecule has 3 nitrogen and oxygen atoms in total. The van der Waals surface area contributed by atoms with Gasteiger partial charge in [0.05, 0.1) is 5.52 Å². The summed E-state index contributed by atoms with van der Waals surface area (Å²) in [6, 6.07) is 16.5. The van der Waals surface area contributed by atoms with Crippen molar-refractivity contribution in [3.05, 3.63) is 60.9 Å². The van der Waals surface area contributed by atoms with Crippen LogP contribution >= 0.6 is 0 Å². The first kappa shape index (κ1) is 10.8. The lowest BCUT2D eigenvalue weighted by molar-refractivity contribution is 1.33. The minimum absolute atomic E-state index is 0.916. The molecule has 1 aliphatic rings. The van der Waals surface area contributed by atoms with E-state index in [4.69, 9.17) is 4.98 Å². The molecule has 2 aromatic carbocycles. The zero-order valence-corrected chi connectivity index (χ0v) is 11.2. The molecule has 1 N–H and O–H groups in total. The summed E-state index contributed by atoms with van der Waals surface area (Å²) in [5.74, 6) is 0.916. The Balaban J connectivity index is 2.04. The number of fused-ring (bicyclic) bond motifs is 4. The van der Waals surface area contributed by atoms with Crippen LogP contribution in [0.4, 0.5) is 11.5 Å². The summed E-state index contributed by atoms with van der Waals surface area (Å²) in [4.78, 5) is 9.25. The van der Waals surface area contributed by atoms with Gasteiger partial charge >= 0.3 is 0 Å². The molecule has 0 spiro atoms. The lowest BCUT2D eigenvalue weighted by Gasteiger charge is -2.21. The van der Waals surface area contributed by atoms with Gasteiger partial charge in [0, 0.05) is 45.4 Å². The fourth-order valence-corrected chi connectivity index (χ4v) is 3.14. The zero-order valence-electron chi connectivity index (χ0n) is 11.2. The summed E-state index contributed by atoms with van der Waals surface area (Å²) in [6.07, 6.45) is 3.86. The summed E-state index contributed by atoms with van der Waals surface area (Å²) < 4.78 is 0. The molecule has 0 bridgehead atoms. The molecule has 0 atom stereocenters. The second-order valence-corrected chi connectivity index (χ2v) is 5.26. The maximum Gasteiger partial charge on any atom is 0.139 e. The second-order valence-electron chi connectivity index (χ2n) is 5.26. The number of para-hydroxylation sites is 2. The largest absolute Gasteiger partial charge is 0.339 e. The Morgan fingerprint density at radius 1 is 0.762 bits per heavy atom. The van der Waals surface area contributed by atoms with E-state index in [0.29, 0.717) is 0 Å². The third-order valence-electron chi connectivity index (χ3n) is 4.08. The van der Waals surface area contributed by atoms with Crippen molar-refractivity contribution in [3.63, 3.8) is 0 Å². The number of aromatic nitrogens is 2. The predicted octanol–water partition coefficient (Wildman–Crippen LogP) is 4.51. The lowest BCUT2D eigenvalue weighted by Crippen LogP contribution is -2.04. The van der Waals surface area contributed by atoms with Gasteiger partial charge in [-0.1, -0.05) is 36.4 Å². The van der Waals surface area contributed by atoms with Crippen molar-refractivity contribution >= 4 is 33.2 Å². The summed E-state index contributed by atoms with van der Waals surface area (Å²) in [5, 5.41) is 6.91.